The molecule has 0 aliphatic carbocycles. The molecule has 86 valence electrons. The summed E-state index contributed by atoms with van der Waals surface area (Å²) < 4.78 is 0. The number of hydrogen-bond donors (Lipinski definition) is 0. The lowest BCUT2D eigenvalue weighted by molar-refractivity contribution is -0.129. The number of rotatable bonds is 2. The van der Waals surface area contributed by atoms with Crippen molar-refractivity contribution in [2.24, 2.45) is 4.99 Å². The van der Waals surface area contributed by atoms with Gasteiger partial charge in [0.05, 0.1) is 0 Å². The van der Waals surface area contributed by atoms with Gasteiger partial charge in [-0.3, -0.25) is 14.7 Å². The SMILES string of the molecule is CCCN=C(N(C)C)N1CCCCC1=O. The fourth-order valence-corrected chi connectivity index (χ4v) is 1.70. The van der Waals surface area contributed by atoms with Crippen LogP contribution in [0.15, 0.2) is 4.99 Å². The summed E-state index contributed by atoms with van der Waals surface area (Å²) in [6.07, 6.45) is 3.78. The number of hydrogen-bond acceptors (Lipinski definition) is 2. The Hall–Kier alpha value is -1.06. The number of amides is 1. The summed E-state index contributed by atoms with van der Waals surface area (Å²) in [6, 6.07) is 0. The smallest absolute Gasteiger partial charge is 0.229 e. The maximum atomic E-state index is 11.7. The first kappa shape index (κ1) is 12.0. The van der Waals surface area contributed by atoms with Crippen LogP contribution in [-0.2, 0) is 4.79 Å². The maximum absolute atomic E-state index is 11.7. The number of aliphatic imine (C=N–C) groups is 1. The monoisotopic (exact) mass is 211 g/mol. The highest BCUT2D eigenvalue weighted by Gasteiger charge is 2.23. The second-order valence-corrected chi connectivity index (χ2v) is 4.08. The molecule has 4 heteroatoms. The highest BCUT2D eigenvalue weighted by atomic mass is 16.2. The molecule has 0 aromatic heterocycles. The minimum atomic E-state index is 0.213. The zero-order valence-electron chi connectivity index (χ0n) is 9.99. The fraction of sp³-hybridized carbons (Fsp3) is 0.818. The van der Waals surface area contributed by atoms with Crippen LogP contribution in [0.5, 0.6) is 0 Å². The van der Waals surface area contributed by atoms with Crippen LogP contribution in [0.4, 0.5) is 0 Å². The molecule has 1 aliphatic heterocycles. The third-order valence-corrected chi connectivity index (χ3v) is 2.44. The van der Waals surface area contributed by atoms with Gasteiger partial charge in [0, 0.05) is 33.6 Å². The van der Waals surface area contributed by atoms with Gasteiger partial charge in [-0.05, 0) is 19.3 Å². The average molecular weight is 211 g/mol. The lowest BCUT2D eigenvalue weighted by Crippen LogP contribution is -2.46. The highest BCUT2D eigenvalue weighted by Crippen LogP contribution is 2.12. The highest BCUT2D eigenvalue weighted by molar-refractivity contribution is 5.97. The van der Waals surface area contributed by atoms with E-state index in [1.165, 1.54) is 0 Å². The molecule has 1 amide bonds. The van der Waals surface area contributed by atoms with Gasteiger partial charge in [0.25, 0.3) is 0 Å². The normalized spacial score (nSPS) is 18.2. The van der Waals surface area contributed by atoms with Crippen molar-refractivity contribution in [3.8, 4) is 0 Å². The third-order valence-electron chi connectivity index (χ3n) is 2.44. The predicted octanol–water partition coefficient (Wildman–Crippen LogP) is 1.33. The largest absolute Gasteiger partial charge is 0.349 e. The van der Waals surface area contributed by atoms with Crippen LogP contribution >= 0.6 is 0 Å². The Morgan fingerprint density at radius 1 is 1.47 bits per heavy atom. The Balaban J connectivity index is 2.73. The summed E-state index contributed by atoms with van der Waals surface area (Å²) in [7, 11) is 3.88. The molecule has 4 nitrogen and oxygen atoms in total. The maximum Gasteiger partial charge on any atom is 0.229 e. The number of piperidine rings is 1. The van der Waals surface area contributed by atoms with E-state index in [1.54, 1.807) is 0 Å². The molecule has 0 saturated carbocycles. The van der Waals surface area contributed by atoms with Gasteiger partial charge in [-0.25, -0.2) is 0 Å². The summed E-state index contributed by atoms with van der Waals surface area (Å²) >= 11 is 0. The molecule has 15 heavy (non-hydrogen) atoms. The van der Waals surface area contributed by atoms with E-state index in [0.717, 1.165) is 38.3 Å². The Morgan fingerprint density at radius 3 is 2.73 bits per heavy atom. The Bertz CT molecular complexity index is 248. The van der Waals surface area contributed by atoms with Crippen LogP contribution in [0.25, 0.3) is 0 Å². The minimum absolute atomic E-state index is 0.213. The second kappa shape index (κ2) is 5.73. The van der Waals surface area contributed by atoms with Gasteiger partial charge in [0.1, 0.15) is 0 Å². The van der Waals surface area contributed by atoms with Crippen LogP contribution < -0.4 is 0 Å². The predicted molar refractivity (Wildman–Crippen MR) is 61.8 cm³/mol. The van der Waals surface area contributed by atoms with Crippen LogP contribution in [0.2, 0.25) is 0 Å². The average Bonchev–Trinajstić information content (AvgIpc) is 2.20. The molecule has 0 bridgehead atoms. The third kappa shape index (κ3) is 3.22. The Kier molecular flexibility index (Phi) is 4.59. The molecule has 0 spiro atoms. The number of nitrogens with zero attached hydrogens (tertiary/aromatic N) is 3. The van der Waals surface area contributed by atoms with Gasteiger partial charge in [-0.1, -0.05) is 6.92 Å². The zero-order valence-corrected chi connectivity index (χ0v) is 9.99. The quantitative estimate of drug-likeness (QED) is 0.510. The van der Waals surface area contributed by atoms with Gasteiger partial charge in [0.15, 0.2) is 0 Å². The fourth-order valence-electron chi connectivity index (χ4n) is 1.70. The van der Waals surface area contributed by atoms with Gasteiger partial charge < -0.3 is 4.90 Å². The van der Waals surface area contributed by atoms with Crippen molar-refractivity contribution >= 4 is 11.9 Å². The first-order valence-corrected chi connectivity index (χ1v) is 5.69. The molecule has 1 rings (SSSR count). The minimum Gasteiger partial charge on any atom is -0.349 e. The van der Waals surface area contributed by atoms with E-state index < -0.39 is 0 Å². The molecule has 0 aromatic carbocycles. The summed E-state index contributed by atoms with van der Waals surface area (Å²) in [5.74, 6) is 1.03. The first-order chi connectivity index (χ1) is 7.16. The molecule has 0 radical (unpaired) electrons. The molecule has 0 N–H and O–H groups in total. The van der Waals surface area contributed by atoms with Crippen LogP contribution in [-0.4, -0.2) is 48.9 Å². The van der Waals surface area contributed by atoms with E-state index in [-0.39, 0.29) is 5.91 Å². The van der Waals surface area contributed by atoms with Crippen molar-refractivity contribution in [2.45, 2.75) is 32.6 Å². The van der Waals surface area contributed by atoms with Crippen molar-refractivity contribution in [2.75, 3.05) is 27.2 Å². The number of guanidine groups is 1. The van der Waals surface area contributed by atoms with Gasteiger partial charge in [0.2, 0.25) is 11.9 Å². The summed E-state index contributed by atoms with van der Waals surface area (Å²) in [5, 5.41) is 0. The second-order valence-electron chi connectivity index (χ2n) is 4.08. The summed E-state index contributed by atoms with van der Waals surface area (Å²) in [4.78, 5) is 19.9. The van der Waals surface area contributed by atoms with Crippen molar-refractivity contribution in [3.05, 3.63) is 0 Å². The lowest BCUT2D eigenvalue weighted by Gasteiger charge is -2.31. The molecule has 1 heterocycles. The topological polar surface area (TPSA) is 35.9 Å². The van der Waals surface area contributed by atoms with Gasteiger partial charge in [-0.2, -0.15) is 0 Å². The van der Waals surface area contributed by atoms with Gasteiger partial charge >= 0.3 is 0 Å². The lowest BCUT2D eigenvalue weighted by atomic mass is 10.1. The van der Waals surface area contributed by atoms with E-state index in [2.05, 4.69) is 11.9 Å². The molecule has 1 fully saturated rings. The Labute approximate surface area is 92.0 Å². The molecule has 1 aliphatic rings. The van der Waals surface area contributed by atoms with Crippen LogP contribution in [0.1, 0.15) is 32.6 Å². The zero-order chi connectivity index (χ0) is 11.3. The van der Waals surface area contributed by atoms with Crippen molar-refractivity contribution in [1.29, 1.82) is 0 Å². The van der Waals surface area contributed by atoms with E-state index >= 15 is 0 Å². The molecule has 0 aromatic rings. The Morgan fingerprint density at radius 2 is 2.20 bits per heavy atom. The molecule has 0 unspecified atom stereocenters. The van der Waals surface area contributed by atoms with E-state index in [0.29, 0.717) is 6.42 Å². The van der Waals surface area contributed by atoms with Crippen LogP contribution in [0.3, 0.4) is 0 Å². The van der Waals surface area contributed by atoms with Gasteiger partial charge in [-0.15, -0.1) is 0 Å². The van der Waals surface area contributed by atoms with E-state index in [4.69, 9.17) is 0 Å². The standard InChI is InChI=1S/C11H21N3O/c1-4-8-12-11(13(2)3)14-9-6-5-7-10(14)15/h4-9H2,1-3H3. The molecule has 0 atom stereocenters. The number of carbonyl (C=O) groups excluding carboxylic acids is 1. The summed E-state index contributed by atoms with van der Waals surface area (Å²) in [5.41, 5.74) is 0. The van der Waals surface area contributed by atoms with Crippen molar-refractivity contribution in [3.63, 3.8) is 0 Å². The van der Waals surface area contributed by atoms with E-state index in [1.807, 2.05) is 23.9 Å². The number of likely N-dealkylation sites (tertiary alicyclic amines) is 1. The van der Waals surface area contributed by atoms with Crippen molar-refractivity contribution < 1.29 is 4.79 Å². The molecular formula is C11H21N3O. The van der Waals surface area contributed by atoms with Crippen LogP contribution in [0, 0.1) is 0 Å². The molecule has 1 saturated heterocycles. The summed E-state index contributed by atoms with van der Waals surface area (Å²) in [6.45, 7) is 3.70. The molecular weight excluding hydrogens is 190 g/mol. The van der Waals surface area contributed by atoms with Crippen molar-refractivity contribution in [1.82, 2.24) is 9.80 Å². The van der Waals surface area contributed by atoms with E-state index in [9.17, 15) is 4.79 Å². The number of carbonyl (C=O) groups is 1. The first-order valence-electron chi connectivity index (χ1n) is 5.69.